The van der Waals surface area contributed by atoms with Crippen molar-refractivity contribution in [1.29, 1.82) is 0 Å². The van der Waals surface area contributed by atoms with Gasteiger partial charge in [0.25, 0.3) is 0 Å². The number of carbonyl (C=O) groups is 1. The molecule has 3 aromatic rings. The molecule has 0 atom stereocenters. The van der Waals surface area contributed by atoms with Crippen molar-refractivity contribution >= 4 is 23.9 Å². The highest BCUT2D eigenvalue weighted by Gasteiger charge is 2.14. The Labute approximate surface area is 150 Å². The van der Waals surface area contributed by atoms with Gasteiger partial charge in [0.15, 0.2) is 10.6 Å². The van der Waals surface area contributed by atoms with Crippen LogP contribution in [-0.2, 0) is 11.3 Å². The highest BCUT2D eigenvalue weighted by molar-refractivity contribution is 7.71. The second-order valence-corrected chi connectivity index (χ2v) is 6.49. The van der Waals surface area contributed by atoms with Crippen LogP contribution in [0.25, 0.3) is 11.4 Å². The van der Waals surface area contributed by atoms with Crippen LogP contribution in [0.3, 0.4) is 0 Å². The summed E-state index contributed by atoms with van der Waals surface area (Å²) < 4.78 is 3.85. The van der Waals surface area contributed by atoms with Gasteiger partial charge < -0.3 is 5.32 Å². The molecular formula is C17H20N6OS. The minimum absolute atomic E-state index is 0.0712. The van der Waals surface area contributed by atoms with Gasteiger partial charge in [0.05, 0.1) is 6.20 Å². The summed E-state index contributed by atoms with van der Waals surface area (Å²) in [7, 11) is 0. The third kappa shape index (κ3) is 3.69. The number of benzene rings is 1. The van der Waals surface area contributed by atoms with Crippen molar-refractivity contribution in [1.82, 2.24) is 24.5 Å². The number of hydrogen-bond acceptors (Lipinski definition) is 4. The Hall–Kier alpha value is -2.74. The lowest BCUT2D eigenvalue weighted by molar-refractivity contribution is -0.116. The molecule has 0 aliphatic heterocycles. The molecule has 130 valence electrons. The fraction of sp³-hybridized carbons (Fsp3) is 0.294. The minimum atomic E-state index is -0.187. The number of nitrogens with zero attached hydrogens (tertiary/aromatic N) is 4. The van der Waals surface area contributed by atoms with Crippen LogP contribution in [0.5, 0.6) is 0 Å². The first-order valence-corrected chi connectivity index (χ1v) is 8.42. The zero-order valence-corrected chi connectivity index (χ0v) is 15.2. The number of rotatable bonds is 5. The van der Waals surface area contributed by atoms with Crippen LogP contribution in [0.15, 0.2) is 36.5 Å². The zero-order valence-electron chi connectivity index (χ0n) is 14.4. The molecular weight excluding hydrogens is 336 g/mol. The van der Waals surface area contributed by atoms with Crippen molar-refractivity contribution in [2.24, 2.45) is 0 Å². The van der Waals surface area contributed by atoms with Crippen LogP contribution in [0.1, 0.15) is 25.5 Å². The number of hydrogen-bond donors (Lipinski definition) is 2. The van der Waals surface area contributed by atoms with Crippen LogP contribution in [0, 0.1) is 11.7 Å². The number of aromatic nitrogens is 5. The summed E-state index contributed by atoms with van der Waals surface area (Å²) in [5.74, 6) is 1.11. The van der Waals surface area contributed by atoms with E-state index in [0.29, 0.717) is 16.4 Å². The van der Waals surface area contributed by atoms with Gasteiger partial charge in [0.1, 0.15) is 12.4 Å². The molecule has 3 rings (SSSR count). The molecule has 1 aromatic carbocycles. The second-order valence-electron chi connectivity index (χ2n) is 6.11. The molecule has 0 saturated carbocycles. The van der Waals surface area contributed by atoms with Crippen molar-refractivity contribution < 1.29 is 4.79 Å². The molecule has 0 radical (unpaired) electrons. The third-order valence-electron chi connectivity index (χ3n) is 3.80. The normalized spacial score (nSPS) is 11.0. The molecule has 0 aliphatic carbocycles. The number of aromatic amines is 1. The first-order valence-electron chi connectivity index (χ1n) is 8.01. The summed E-state index contributed by atoms with van der Waals surface area (Å²) in [6.07, 6.45) is 1.66. The van der Waals surface area contributed by atoms with E-state index in [2.05, 4.69) is 20.6 Å². The van der Waals surface area contributed by atoms with Crippen LogP contribution < -0.4 is 5.32 Å². The summed E-state index contributed by atoms with van der Waals surface area (Å²) in [6.45, 7) is 6.10. The maximum Gasteiger partial charge on any atom is 0.245 e. The van der Waals surface area contributed by atoms with Crippen LogP contribution >= 0.6 is 12.2 Å². The Morgan fingerprint density at radius 1 is 1.28 bits per heavy atom. The van der Waals surface area contributed by atoms with Crippen molar-refractivity contribution in [3.63, 3.8) is 0 Å². The summed E-state index contributed by atoms with van der Waals surface area (Å²) in [5.41, 5.74) is 2.06. The average molecular weight is 356 g/mol. The van der Waals surface area contributed by atoms with Crippen molar-refractivity contribution in [3.05, 3.63) is 46.9 Å². The van der Waals surface area contributed by atoms with Crippen molar-refractivity contribution in [2.45, 2.75) is 33.4 Å². The summed E-state index contributed by atoms with van der Waals surface area (Å²) in [6, 6.07) is 9.85. The maximum absolute atomic E-state index is 12.5. The van der Waals surface area contributed by atoms with E-state index in [1.807, 2.05) is 45.0 Å². The van der Waals surface area contributed by atoms with Gasteiger partial charge in [-0.3, -0.25) is 14.5 Å². The van der Waals surface area contributed by atoms with Gasteiger partial charge in [-0.05, 0) is 33.0 Å². The van der Waals surface area contributed by atoms with Crippen LogP contribution in [-0.4, -0.2) is 30.5 Å². The summed E-state index contributed by atoms with van der Waals surface area (Å²) in [5, 5.41) is 14.1. The molecule has 1 amide bonds. The first-order chi connectivity index (χ1) is 12.0. The van der Waals surface area contributed by atoms with E-state index in [1.165, 1.54) is 0 Å². The molecule has 0 saturated heterocycles. The minimum Gasteiger partial charge on any atom is -0.309 e. The Balaban J connectivity index is 1.82. The van der Waals surface area contributed by atoms with Gasteiger partial charge in [-0.25, -0.2) is 4.68 Å². The largest absolute Gasteiger partial charge is 0.309 e. The Kier molecular flexibility index (Phi) is 4.80. The fourth-order valence-corrected chi connectivity index (χ4v) is 2.73. The molecule has 2 heterocycles. The monoisotopic (exact) mass is 356 g/mol. The Bertz CT molecular complexity index is 935. The van der Waals surface area contributed by atoms with E-state index >= 15 is 0 Å². The quantitative estimate of drug-likeness (QED) is 0.687. The van der Waals surface area contributed by atoms with Crippen molar-refractivity contribution in [3.8, 4) is 11.4 Å². The van der Waals surface area contributed by atoms with E-state index in [9.17, 15) is 4.79 Å². The number of H-pyrrole nitrogens is 1. The smallest absolute Gasteiger partial charge is 0.245 e. The predicted molar refractivity (Wildman–Crippen MR) is 98.8 cm³/mol. The molecule has 7 nitrogen and oxygen atoms in total. The second kappa shape index (κ2) is 7.02. The lowest BCUT2D eigenvalue weighted by Gasteiger charge is -2.12. The molecule has 25 heavy (non-hydrogen) atoms. The number of amides is 1. The number of aryl methyl sites for hydroxylation is 1. The Morgan fingerprint density at radius 2 is 2.00 bits per heavy atom. The maximum atomic E-state index is 12.5. The third-order valence-corrected chi connectivity index (χ3v) is 4.11. The molecule has 2 N–H and O–H groups in total. The van der Waals surface area contributed by atoms with E-state index in [4.69, 9.17) is 12.2 Å². The highest BCUT2D eigenvalue weighted by Crippen LogP contribution is 2.18. The van der Waals surface area contributed by atoms with Crippen LogP contribution in [0.2, 0.25) is 0 Å². The fourth-order valence-electron chi connectivity index (χ4n) is 2.54. The van der Waals surface area contributed by atoms with Crippen LogP contribution in [0.4, 0.5) is 5.82 Å². The van der Waals surface area contributed by atoms with Gasteiger partial charge in [-0.1, -0.05) is 29.8 Å². The van der Waals surface area contributed by atoms with E-state index in [-0.39, 0.29) is 18.5 Å². The molecule has 0 aliphatic rings. The zero-order chi connectivity index (χ0) is 18.0. The predicted octanol–water partition coefficient (Wildman–Crippen LogP) is 3.33. The van der Waals surface area contributed by atoms with Gasteiger partial charge in [-0.2, -0.15) is 10.2 Å². The lowest BCUT2D eigenvalue weighted by Crippen LogP contribution is -2.22. The molecule has 0 bridgehead atoms. The average Bonchev–Trinajstić information content (AvgIpc) is 3.16. The van der Waals surface area contributed by atoms with Gasteiger partial charge in [0, 0.05) is 17.7 Å². The van der Waals surface area contributed by atoms with Crippen molar-refractivity contribution in [2.75, 3.05) is 5.32 Å². The summed E-state index contributed by atoms with van der Waals surface area (Å²) in [4.78, 5) is 12.5. The number of anilines is 1. The SMILES string of the molecule is Cc1ccc(-c2n[nH]c(=S)n2CC(=O)Nc2ccnn2C(C)C)cc1. The molecule has 8 heteroatoms. The highest BCUT2D eigenvalue weighted by atomic mass is 32.1. The van der Waals surface area contributed by atoms with Gasteiger partial charge in [0.2, 0.25) is 5.91 Å². The van der Waals surface area contributed by atoms with Gasteiger partial charge >= 0.3 is 0 Å². The summed E-state index contributed by atoms with van der Waals surface area (Å²) >= 11 is 5.28. The molecule has 0 unspecified atom stereocenters. The van der Waals surface area contributed by atoms with E-state index in [1.54, 1.807) is 21.5 Å². The number of nitrogens with one attached hydrogen (secondary N) is 2. The topological polar surface area (TPSA) is 80.5 Å². The molecule has 2 aromatic heterocycles. The van der Waals surface area contributed by atoms with E-state index in [0.717, 1.165) is 11.1 Å². The first kappa shape index (κ1) is 17.1. The molecule has 0 spiro atoms. The Morgan fingerprint density at radius 3 is 2.68 bits per heavy atom. The van der Waals surface area contributed by atoms with E-state index < -0.39 is 0 Å². The standard InChI is InChI=1S/C17H20N6OS/c1-11(2)23-14(8-9-18-23)19-15(24)10-22-16(20-21-17(22)25)13-6-4-12(3)5-7-13/h4-9,11H,10H2,1-3H3,(H,19,24)(H,21,25). The van der Waals surface area contributed by atoms with Gasteiger partial charge in [-0.15, -0.1) is 0 Å². The lowest BCUT2D eigenvalue weighted by atomic mass is 10.1. The number of carbonyl (C=O) groups excluding carboxylic acids is 1. The molecule has 0 fully saturated rings.